The Hall–Kier alpha value is -1.36. The van der Waals surface area contributed by atoms with E-state index in [-0.39, 0.29) is 12.0 Å². The number of ether oxygens (including phenoxy) is 1. The zero-order valence-electron chi connectivity index (χ0n) is 8.19. The summed E-state index contributed by atoms with van der Waals surface area (Å²) in [6.07, 6.45) is 5.05. The fourth-order valence-corrected chi connectivity index (χ4v) is 1.19. The van der Waals surface area contributed by atoms with Crippen LogP contribution < -0.4 is 5.73 Å². The molecule has 1 aromatic heterocycles. The zero-order valence-corrected chi connectivity index (χ0v) is 8.19. The molecule has 3 N–H and O–H groups in total. The number of rotatable bonds is 5. The van der Waals surface area contributed by atoms with Crippen LogP contribution in [0.25, 0.3) is 0 Å². The van der Waals surface area contributed by atoms with Crippen LogP contribution in [0.2, 0.25) is 0 Å². The molecule has 0 aromatic carbocycles. The van der Waals surface area contributed by atoms with Crippen LogP contribution in [0.5, 0.6) is 0 Å². The minimum Gasteiger partial charge on any atom is -0.469 e. The van der Waals surface area contributed by atoms with Crippen LogP contribution in [0.4, 0.5) is 0 Å². The maximum absolute atomic E-state index is 10.8. The van der Waals surface area contributed by atoms with Gasteiger partial charge in [0.25, 0.3) is 0 Å². The van der Waals surface area contributed by atoms with Crippen LogP contribution in [0.15, 0.2) is 12.5 Å². The highest BCUT2D eigenvalue weighted by atomic mass is 16.5. The van der Waals surface area contributed by atoms with Gasteiger partial charge in [-0.15, -0.1) is 0 Å². The standard InChI is InChI=1S/C9H15N3O2/c1-14-9(13)3-2-7(10)4-8-5-11-6-12-8/h5-7H,2-4,10H2,1H3,(H,11,12). The fourth-order valence-electron chi connectivity index (χ4n) is 1.19. The second-order valence-corrected chi connectivity index (χ2v) is 3.16. The molecular weight excluding hydrogens is 182 g/mol. The van der Waals surface area contributed by atoms with Crippen molar-refractivity contribution in [3.05, 3.63) is 18.2 Å². The van der Waals surface area contributed by atoms with Gasteiger partial charge in [-0.2, -0.15) is 0 Å². The lowest BCUT2D eigenvalue weighted by atomic mass is 10.1. The van der Waals surface area contributed by atoms with E-state index in [1.165, 1.54) is 7.11 Å². The van der Waals surface area contributed by atoms with Crippen molar-refractivity contribution in [3.8, 4) is 0 Å². The number of nitrogens with one attached hydrogen (secondary N) is 1. The molecule has 1 heterocycles. The molecule has 0 aliphatic rings. The molecule has 5 heteroatoms. The van der Waals surface area contributed by atoms with Crippen molar-refractivity contribution in [2.24, 2.45) is 5.73 Å². The van der Waals surface area contributed by atoms with Crippen LogP contribution in [0, 0.1) is 0 Å². The predicted octanol–water partition coefficient (Wildman–Crippen LogP) is 0.233. The number of hydrogen-bond acceptors (Lipinski definition) is 4. The van der Waals surface area contributed by atoms with Crippen molar-refractivity contribution in [1.29, 1.82) is 0 Å². The smallest absolute Gasteiger partial charge is 0.305 e. The summed E-state index contributed by atoms with van der Waals surface area (Å²) in [7, 11) is 1.38. The van der Waals surface area contributed by atoms with Gasteiger partial charge in [-0.05, 0) is 6.42 Å². The summed E-state index contributed by atoms with van der Waals surface area (Å²) in [5.74, 6) is -0.218. The third kappa shape index (κ3) is 3.57. The molecule has 14 heavy (non-hydrogen) atoms. The number of nitrogens with zero attached hydrogens (tertiary/aromatic N) is 1. The van der Waals surface area contributed by atoms with E-state index in [9.17, 15) is 4.79 Å². The van der Waals surface area contributed by atoms with Gasteiger partial charge >= 0.3 is 5.97 Å². The Morgan fingerprint density at radius 2 is 2.57 bits per heavy atom. The number of aromatic nitrogens is 2. The van der Waals surface area contributed by atoms with Gasteiger partial charge < -0.3 is 15.5 Å². The number of hydrogen-bond donors (Lipinski definition) is 2. The molecule has 0 fully saturated rings. The number of aromatic amines is 1. The number of nitrogens with two attached hydrogens (primary N) is 1. The number of carbonyl (C=O) groups excluding carboxylic acids is 1. The lowest BCUT2D eigenvalue weighted by molar-refractivity contribution is -0.140. The van der Waals surface area contributed by atoms with Crippen molar-refractivity contribution < 1.29 is 9.53 Å². The Bertz CT molecular complexity index is 272. The van der Waals surface area contributed by atoms with E-state index >= 15 is 0 Å². The van der Waals surface area contributed by atoms with E-state index in [1.54, 1.807) is 12.5 Å². The van der Waals surface area contributed by atoms with E-state index in [0.717, 1.165) is 5.69 Å². The van der Waals surface area contributed by atoms with Crippen LogP contribution in [-0.2, 0) is 16.0 Å². The Labute approximate surface area is 82.7 Å². The van der Waals surface area contributed by atoms with Crippen molar-refractivity contribution in [2.45, 2.75) is 25.3 Å². The quantitative estimate of drug-likeness (QED) is 0.662. The molecule has 0 saturated carbocycles. The van der Waals surface area contributed by atoms with Gasteiger partial charge in [-0.3, -0.25) is 4.79 Å². The molecule has 1 unspecified atom stereocenters. The summed E-state index contributed by atoms with van der Waals surface area (Å²) in [5.41, 5.74) is 6.80. The fraction of sp³-hybridized carbons (Fsp3) is 0.556. The molecule has 1 rings (SSSR count). The summed E-state index contributed by atoms with van der Waals surface area (Å²) in [5, 5.41) is 0. The highest BCUT2D eigenvalue weighted by Gasteiger charge is 2.08. The molecule has 0 amide bonds. The van der Waals surface area contributed by atoms with Crippen molar-refractivity contribution in [2.75, 3.05) is 7.11 Å². The molecule has 0 aliphatic heterocycles. The molecule has 5 nitrogen and oxygen atoms in total. The van der Waals surface area contributed by atoms with Crippen molar-refractivity contribution in [1.82, 2.24) is 9.97 Å². The van der Waals surface area contributed by atoms with Crippen molar-refractivity contribution in [3.63, 3.8) is 0 Å². The molecule has 0 saturated heterocycles. The SMILES string of the molecule is COC(=O)CCC(N)Cc1cnc[nH]1. The number of imidazole rings is 1. The largest absolute Gasteiger partial charge is 0.469 e. The Balaban J connectivity index is 2.22. The highest BCUT2D eigenvalue weighted by Crippen LogP contribution is 2.02. The minimum absolute atomic E-state index is 0.0328. The average molecular weight is 197 g/mol. The molecular formula is C9H15N3O2. The first-order valence-corrected chi connectivity index (χ1v) is 4.52. The molecule has 1 atom stereocenters. The third-order valence-corrected chi connectivity index (χ3v) is 1.98. The molecule has 78 valence electrons. The van der Waals surface area contributed by atoms with E-state index in [4.69, 9.17) is 5.73 Å². The summed E-state index contributed by atoms with van der Waals surface area (Å²) >= 11 is 0. The van der Waals surface area contributed by atoms with Crippen LogP contribution >= 0.6 is 0 Å². The van der Waals surface area contributed by atoms with Crippen LogP contribution in [-0.4, -0.2) is 29.1 Å². The van der Waals surface area contributed by atoms with E-state index in [0.29, 0.717) is 19.3 Å². The van der Waals surface area contributed by atoms with Gasteiger partial charge in [-0.1, -0.05) is 0 Å². The Morgan fingerprint density at radius 3 is 3.14 bits per heavy atom. The van der Waals surface area contributed by atoms with Gasteiger partial charge in [-0.25, -0.2) is 4.98 Å². The summed E-state index contributed by atoms with van der Waals surface area (Å²) in [6.45, 7) is 0. The Morgan fingerprint density at radius 1 is 1.79 bits per heavy atom. The predicted molar refractivity (Wildman–Crippen MR) is 51.5 cm³/mol. The molecule has 0 spiro atoms. The van der Waals surface area contributed by atoms with Gasteiger partial charge in [0.15, 0.2) is 0 Å². The number of H-pyrrole nitrogens is 1. The average Bonchev–Trinajstić information content (AvgIpc) is 2.66. The number of methoxy groups -OCH3 is 1. The summed E-state index contributed by atoms with van der Waals surface area (Å²) in [4.78, 5) is 17.7. The van der Waals surface area contributed by atoms with Gasteiger partial charge in [0.1, 0.15) is 0 Å². The van der Waals surface area contributed by atoms with Gasteiger partial charge in [0.2, 0.25) is 0 Å². The van der Waals surface area contributed by atoms with Crippen molar-refractivity contribution >= 4 is 5.97 Å². The maximum Gasteiger partial charge on any atom is 0.305 e. The zero-order chi connectivity index (χ0) is 10.4. The number of esters is 1. The van der Waals surface area contributed by atoms with Gasteiger partial charge in [0.05, 0.1) is 13.4 Å². The van der Waals surface area contributed by atoms with E-state index in [1.807, 2.05) is 0 Å². The second kappa shape index (κ2) is 5.39. The van der Waals surface area contributed by atoms with Crippen LogP contribution in [0.1, 0.15) is 18.5 Å². The lowest BCUT2D eigenvalue weighted by Crippen LogP contribution is -2.24. The minimum atomic E-state index is -0.218. The molecule has 0 aliphatic carbocycles. The van der Waals surface area contributed by atoms with E-state index < -0.39 is 0 Å². The number of carbonyl (C=O) groups is 1. The first-order valence-electron chi connectivity index (χ1n) is 4.52. The summed E-state index contributed by atoms with van der Waals surface area (Å²) in [6, 6.07) is -0.0328. The lowest BCUT2D eigenvalue weighted by Gasteiger charge is -2.08. The Kier molecular flexibility index (Phi) is 4.12. The van der Waals surface area contributed by atoms with E-state index in [2.05, 4.69) is 14.7 Å². The maximum atomic E-state index is 10.8. The normalized spacial score (nSPS) is 12.4. The third-order valence-electron chi connectivity index (χ3n) is 1.98. The molecule has 0 radical (unpaired) electrons. The van der Waals surface area contributed by atoms with Gasteiger partial charge in [0, 0.05) is 30.8 Å². The summed E-state index contributed by atoms with van der Waals surface area (Å²) < 4.78 is 4.52. The van der Waals surface area contributed by atoms with Crippen LogP contribution in [0.3, 0.4) is 0 Å². The monoisotopic (exact) mass is 197 g/mol. The second-order valence-electron chi connectivity index (χ2n) is 3.16. The topological polar surface area (TPSA) is 81.0 Å². The molecule has 1 aromatic rings. The first kappa shape index (κ1) is 10.7. The first-order chi connectivity index (χ1) is 6.72. The highest BCUT2D eigenvalue weighted by molar-refractivity contribution is 5.69. The molecule has 0 bridgehead atoms.